The number of hydrogen-bond acceptors (Lipinski definition) is 3. The van der Waals surface area contributed by atoms with Crippen LogP contribution in [0.2, 0.25) is 0 Å². The summed E-state index contributed by atoms with van der Waals surface area (Å²) in [6, 6.07) is 15.7. The first-order valence-corrected chi connectivity index (χ1v) is 11.3. The van der Waals surface area contributed by atoms with E-state index in [1.54, 1.807) is 0 Å². The number of aromatic nitrogens is 2. The predicted molar refractivity (Wildman–Crippen MR) is 133 cm³/mol. The van der Waals surface area contributed by atoms with Crippen molar-refractivity contribution >= 4 is 17.9 Å². The number of nitrogens with one attached hydrogen (secondary N) is 2. The molecule has 0 saturated carbocycles. The third-order valence-electron chi connectivity index (χ3n) is 5.33. The van der Waals surface area contributed by atoms with Gasteiger partial charge in [-0.2, -0.15) is 0 Å². The predicted octanol–water partition coefficient (Wildman–Crippen LogP) is 4.78. The number of carbonyl (C=O) groups is 2. The molecular weight excluding hydrogens is 414 g/mol. The topological polar surface area (TPSA) is 79.3 Å². The minimum atomic E-state index is -0.294. The molecule has 0 spiro atoms. The van der Waals surface area contributed by atoms with Crippen molar-refractivity contribution in [2.45, 2.75) is 34.6 Å². The lowest BCUT2D eigenvalue weighted by molar-refractivity contribution is -0.116. The van der Waals surface area contributed by atoms with Crippen molar-refractivity contribution < 1.29 is 9.59 Å². The van der Waals surface area contributed by atoms with Gasteiger partial charge in [0.05, 0.1) is 5.69 Å². The van der Waals surface area contributed by atoms with E-state index in [1.807, 2.05) is 67.9 Å². The van der Waals surface area contributed by atoms with Gasteiger partial charge in [0.15, 0.2) is 0 Å². The number of carbonyl (C=O) groups excluding carboxylic acids is 2. The third kappa shape index (κ3) is 6.22. The highest BCUT2D eigenvalue weighted by atomic mass is 16.2. The van der Waals surface area contributed by atoms with E-state index < -0.39 is 0 Å². The zero-order valence-electron chi connectivity index (χ0n) is 20.1. The van der Waals surface area contributed by atoms with Gasteiger partial charge in [-0.1, -0.05) is 50.2 Å². The second-order valence-electron chi connectivity index (χ2n) is 8.61. The van der Waals surface area contributed by atoms with E-state index >= 15 is 0 Å². The molecule has 2 N–H and O–H groups in total. The van der Waals surface area contributed by atoms with Gasteiger partial charge in [0, 0.05) is 30.5 Å². The molecule has 0 aliphatic heterocycles. The van der Waals surface area contributed by atoms with Crippen molar-refractivity contribution in [3.63, 3.8) is 0 Å². The van der Waals surface area contributed by atoms with E-state index in [-0.39, 0.29) is 24.4 Å². The zero-order chi connectivity index (χ0) is 24.0. The van der Waals surface area contributed by atoms with Gasteiger partial charge in [0.2, 0.25) is 11.9 Å². The molecule has 1 heterocycles. The Labute approximate surface area is 195 Å². The second kappa shape index (κ2) is 10.8. The summed E-state index contributed by atoms with van der Waals surface area (Å²) < 4.78 is 1.88. The fourth-order valence-corrected chi connectivity index (χ4v) is 3.55. The number of rotatable bonds is 8. The quantitative estimate of drug-likeness (QED) is 0.521. The molecule has 0 atom stereocenters. The van der Waals surface area contributed by atoms with E-state index in [0.29, 0.717) is 19.0 Å². The Morgan fingerprint density at radius 3 is 2.42 bits per heavy atom. The number of hydrogen-bond donors (Lipinski definition) is 2. The van der Waals surface area contributed by atoms with Crippen LogP contribution in [-0.4, -0.2) is 46.0 Å². The molecule has 2 aromatic carbocycles. The van der Waals surface area contributed by atoms with E-state index in [1.165, 1.54) is 10.5 Å². The van der Waals surface area contributed by atoms with Gasteiger partial charge in [-0.15, -0.1) is 0 Å². The number of aryl methyl sites for hydroxylation is 2. The molecule has 0 radical (unpaired) electrons. The second-order valence-corrected chi connectivity index (χ2v) is 8.61. The molecule has 0 bridgehead atoms. The molecule has 0 aliphatic rings. The highest BCUT2D eigenvalue weighted by molar-refractivity contribution is 5.93. The first-order chi connectivity index (χ1) is 15.8. The van der Waals surface area contributed by atoms with Crippen molar-refractivity contribution in [1.29, 1.82) is 0 Å². The van der Waals surface area contributed by atoms with Gasteiger partial charge in [0.25, 0.3) is 0 Å². The fraction of sp³-hybridized carbons (Fsp3) is 0.346. The molecule has 7 heteroatoms. The van der Waals surface area contributed by atoms with E-state index in [4.69, 9.17) is 4.98 Å². The summed E-state index contributed by atoms with van der Waals surface area (Å²) in [4.78, 5) is 31.6. The van der Waals surface area contributed by atoms with Gasteiger partial charge in [0.1, 0.15) is 6.54 Å². The van der Waals surface area contributed by atoms with Crippen LogP contribution < -0.4 is 10.6 Å². The van der Waals surface area contributed by atoms with Crippen molar-refractivity contribution in [3.8, 4) is 16.9 Å². The van der Waals surface area contributed by atoms with Gasteiger partial charge in [-0.25, -0.2) is 9.78 Å². The van der Waals surface area contributed by atoms with Gasteiger partial charge >= 0.3 is 6.03 Å². The normalized spacial score (nSPS) is 10.8. The number of urea groups is 1. The summed E-state index contributed by atoms with van der Waals surface area (Å²) in [6.07, 6.45) is 1.92. The number of anilines is 1. The molecule has 1 aromatic heterocycles. The average Bonchev–Trinajstić information content (AvgIpc) is 3.19. The summed E-state index contributed by atoms with van der Waals surface area (Å²) in [7, 11) is 0. The maximum Gasteiger partial charge on any atom is 0.317 e. The van der Waals surface area contributed by atoms with Crippen LogP contribution in [0.1, 0.15) is 31.9 Å². The van der Waals surface area contributed by atoms with Crippen LogP contribution in [-0.2, 0) is 4.79 Å². The van der Waals surface area contributed by atoms with Crippen LogP contribution in [0.3, 0.4) is 0 Å². The van der Waals surface area contributed by atoms with Crippen LogP contribution in [0.25, 0.3) is 16.9 Å². The number of amides is 3. The lowest BCUT2D eigenvalue weighted by Gasteiger charge is -2.24. The Hall–Kier alpha value is -3.61. The van der Waals surface area contributed by atoms with Crippen LogP contribution >= 0.6 is 0 Å². The number of imidazole rings is 1. The first-order valence-electron chi connectivity index (χ1n) is 11.3. The Balaban J connectivity index is 1.91. The van der Waals surface area contributed by atoms with Gasteiger partial charge in [-0.05, 0) is 49.9 Å². The maximum absolute atomic E-state index is 13.0. The largest absolute Gasteiger partial charge is 0.338 e. The molecule has 0 aliphatic carbocycles. The lowest BCUT2D eigenvalue weighted by Crippen LogP contribution is -2.45. The molecule has 0 fully saturated rings. The van der Waals surface area contributed by atoms with Gasteiger partial charge < -0.3 is 10.2 Å². The van der Waals surface area contributed by atoms with E-state index in [2.05, 4.69) is 36.6 Å². The molecule has 3 amide bonds. The van der Waals surface area contributed by atoms with E-state index in [0.717, 1.165) is 22.5 Å². The Bertz CT molecular complexity index is 1110. The summed E-state index contributed by atoms with van der Waals surface area (Å²) >= 11 is 0. The Morgan fingerprint density at radius 2 is 1.79 bits per heavy atom. The minimum absolute atomic E-state index is 0.0511. The highest BCUT2D eigenvalue weighted by Gasteiger charge is 2.20. The smallest absolute Gasteiger partial charge is 0.317 e. The molecule has 3 aromatic rings. The lowest BCUT2D eigenvalue weighted by atomic mass is 10.1. The Kier molecular flexibility index (Phi) is 7.87. The maximum atomic E-state index is 13.0. The monoisotopic (exact) mass is 447 g/mol. The number of benzene rings is 2. The average molecular weight is 448 g/mol. The van der Waals surface area contributed by atoms with Crippen LogP contribution in [0.4, 0.5) is 10.7 Å². The molecule has 3 rings (SSSR count). The van der Waals surface area contributed by atoms with Crippen LogP contribution in [0, 0.1) is 19.8 Å². The fourth-order valence-electron chi connectivity index (χ4n) is 3.55. The number of nitrogens with zero attached hydrogens (tertiary/aromatic N) is 3. The van der Waals surface area contributed by atoms with Crippen molar-refractivity contribution in [1.82, 2.24) is 19.8 Å². The summed E-state index contributed by atoms with van der Waals surface area (Å²) in [5.74, 6) is 0.363. The van der Waals surface area contributed by atoms with Crippen molar-refractivity contribution in [3.05, 3.63) is 65.9 Å². The molecule has 174 valence electrons. The third-order valence-corrected chi connectivity index (χ3v) is 5.33. The summed E-state index contributed by atoms with van der Waals surface area (Å²) in [6.45, 7) is 11.0. The molecule has 33 heavy (non-hydrogen) atoms. The first kappa shape index (κ1) is 24.0. The van der Waals surface area contributed by atoms with Crippen LogP contribution in [0.15, 0.2) is 54.7 Å². The van der Waals surface area contributed by atoms with Crippen molar-refractivity contribution in [2.75, 3.05) is 25.0 Å². The van der Waals surface area contributed by atoms with Crippen LogP contribution in [0.5, 0.6) is 0 Å². The summed E-state index contributed by atoms with van der Waals surface area (Å²) in [5.41, 5.74) is 4.97. The highest BCUT2D eigenvalue weighted by Crippen LogP contribution is 2.25. The molecule has 0 unspecified atom stereocenters. The zero-order valence-corrected chi connectivity index (χ0v) is 20.1. The SMILES string of the molecule is CCNC(=O)N(CC(=O)Nc1nc(-c2ccccc2)cn1-c1ccc(C)c(C)c1)CC(C)C. The van der Waals surface area contributed by atoms with E-state index in [9.17, 15) is 9.59 Å². The van der Waals surface area contributed by atoms with Crippen molar-refractivity contribution in [2.24, 2.45) is 5.92 Å². The molecule has 7 nitrogen and oxygen atoms in total. The minimum Gasteiger partial charge on any atom is -0.338 e. The summed E-state index contributed by atoms with van der Waals surface area (Å²) in [5, 5.41) is 5.71. The molecule has 0 saturated heterocycles. The molecular formula is C26H33N5O2. The Morgan fingerprint density at radius 1 is 1.06 bits per heavy atom. The standard InChI is InChI=1S/C26H33N5O2/c1-6-27-26(33)30(15-18(2)3)17-24(32)29-25-28-23(21-10-8-7-9-11-21)16-31(25)22-13-12-19(4)20(5)14-22/h7-14,16,18H,6,15,17H2,1-5H3,(H,27,33)(H,28,29,32). The van der Waals surface area contributed by atoms with Gasteiger partial charge in [-0.3, -0.25) is 14.7 Å².